The number of aromatic nitrogens is 2. The Morgan fingerprint density at radius 2 is 1.66 bits per heavy atom. The van der Waals surface area contributed by atoms with Crippen molar-refractivity contribution in [1.82, 2.24) is 9.78 Å². The molecule has 0 atom stereocenters. The third-order valence-corrected chi connectivity index (χ3v) is 5.26. The second-order valence-electron chi connectivity index (χ2n) is 8.23. The monoisotopic (exact) mass is 389 g/mol. The zero-order chi connectivity index (χ0) is 20.8. The largest absolute Gasteiger partial charge is 0.476 e. The van der Waals surface area contributed by atoms with Crippen LogP contribution in [0.15, 0.2) is 54.6 Å². The van der Waals surface area contributed by atoms with E-state index in [1.165, 1.54) is 4.68 Å². The molecule has 1 aliphatic rings. The molecule has 4 rings (SSSR count). The molecule has 0 radical (unpaired) electrons. The lowest BCUT2D eigenvalue weighted by molar-refractivity contribution is 0.0688. The lowest BCUT2D eigenvalue weighted by Gasteiger charge is -2.27. The van der Waals surface area contributed by atoms with Crippen LogP contribution < -0.4 is 4.90 Å². The number of rotatable bonds is 3. The summed E-state index contributed by atoms with van der Waals surface area (Å²) in [4.78, 5) is 26.8. The van der Waals surface area contributed by atoms with Gasteiger partial charge in [-0.1, -0.05) is 51.1 Å². The molecule has 29 heavy (non-hydrogen) atoms. The first-order valence-electron chi connectivity index (χ1n) is 9.60. The number of anilines is 1. The van der Waals surface area contributed by atoms with Crippen molar-refractivity contribution < 1.29 is 14.7 Å². The van der Waals surface area contributed by atoms with Gasteiger partial charge in [-0.15, -0.1) is 0 Å². The molecule has 2 aromatic carbocycles. The van der Waals surface area contributed by atoms with E-state index in [0.717, 1.165) is 11.3 Å². The average molecular weight is 389 g/mol. The van der Waals surface area contributed by atoms with E-state index in [0.29, 0.717) is 29.9 Å². The van der Waals surface area contributed by atoms with Crippen molar-refractivity contribution in [3.05, 3.63) is 77.1 Å². The van der Waals surface area contributed by atoms with Gasteiger partial charge in [0.05, 0.1) is 5.69 Å². The summed E-state index contributed by atoms with van der Waals surface area (Å²) in [6.45, 7) is 6.80. The Morgan fingerprint density at radius 3 is 2.24 bits per heavy atom. The van der Waals surface area contributed by atoms with Gasteiger partial charge in [-0.25, -0.2) is 9.48 Å². The van der Waals surface area contributed by atoms with Gasteiger partial charge in [0.15, 0.2) is 5.69 Å². The molecular weight excluding hydrogens is 366 g/mol. The first-order chi connectivity index (χ1) is 13.8. The van der Waals surface area contributed by atoms with Crippen LogP contribution in [0.1, 0.15) is 52.9 Å². The Hall–Kier alpha value is -3.41. The number of hydrogen-bond donors (Lipinski definition) is 1. The van der Waals surface area contributed by atoms with Crippen molar-refractivity contribution in [1.29, 1.82) is 0 Å². The number of nitrogens with zero attached hydrogens (tertiary/aromatic N) is 3. The standard InChI is InChI=1S/C23H23N3O3/c1-23(2,3)15-9-11-17(12-10-15)26-20-18(19(24-26)22(28)29)13-14-25(21(20)27)16-7-5-4-6-8-16/h4-12H,13-14H2,1-3H3,(H,28,29). The number of carboxylic acid groups (broad SMARTS) is 1. The smallest absolute Gasteiger partial charge is 0.356 e. The number of fused-ring (bicyclic) bond motifs is 1. The molecule has 0 saturated heterocycles. The van der Waals surface area contributed by atoms with Gasteiger partial charge < -0.3 is 10.0 Å². The predicted octanol–water partition coefficient (Wildman–Crippen LogP) is 4.07. The third kappa shape index (κ3) is 3.31. The molecule has 0 saturated carbocycles. The fraction of sp³-hybridized carbons (Fsp3) is 0.261. The molecule has 2 heterocycles. The van der Waals surface area contributed by atoms with Crippen LogP contribution in [0, 0.1) is 0 Å². The maximum Gasteiger partial charge on any atom is 0.356 e. The number of amides is 1. The fourth-order valence-corrected chi connectivity index (χ4v) is 3.68. The van der Waals surface area contributed by atoms with Crippen LogP contribution in [-0.4, -0.2) is 33.3 Å². The number of carbonyl (C=O) groups excluding carboxylic acids is 1. The van der Waals surface area contributed by atoms with E-state index in [2.05, 4.69) is 25.9 Å². The normalized spacial score (nSPS) is 14.0. The lowest BCUT2D eigenvalue weighted by atomic mass is 9.87. The summed E-state index contributed by atoms with van der Waals surface area (Å²) in [7, 11) is 0. The van der Waals surface area contributed by atoms with E-state index >= 15 is 0 Å². The highest BCUT2D eigenvalue weighted by Gasteiger charge is 2.35. The summed E-state index contributed by atoms with van der Waals surface area (Å²) in [5, 5.41) is 13.9. The van der Waals surface area contributed by atoms with Crippen LogP contribution in [0.3, 0.4) is 0 Å². The van der Waals surface area contributed by atoms with Crippen LogP contribution >= 0.6 is 0 Å². The van der Waals surface area contributed by atoms with Crippen LogP contribution in [-0.2, 0) is 11.8 Å². The van der Waals surface area contributed by atoms with E-state index in [-0.39, 0.29) is 17.0 Å². The maximum atomic E-state index is 13.3. The van der Waals surface area contributed by atoms with Gasteiger partial charge in [-0.05, 0) is 41.7 Å². The number of aromatic carboxylic acids is 1. The third-order valence-electron chi connectivity index (χ3n) is 5.26. The Morgan fingerprint density at radius 1 is 1.00 bits per heavy atom. The summed E-state index contributed by atoms with van der Waals surface area (Å²) in [5.74, 6) is -1.36. The fourth-order valence-electron chi connectivity index (χ4n) is 3.68. The highest BCUT2D eigenvalue weighted by Crippen LogP contribution is 2.30. The lowest BCUT2D eigenvalue weighted by Crippen LogP contribution is -2.39. The van der Waals surface area contributed by atoms with Crippen molar-refractivity contribution >= 4 is 17.6 Å². The average Bonchev–Trinajstić information content (AvgIpc) is 3.09. The van der Waals surface area contributed by atoms with Gasteiger partial charge in [0.2, 0.25) is 0 Å². The maximum absolute atomic E-state index is 13.3. The van der Waals surface area contributed by atoms with Crippen molar-refractivity contribution in [2.45, 2.75) is 32.6 Å². The van der Waals surface area contributed by atoms with Crippen molar-refractivity contribution in [3.8, 4) is 5.69 Å². The Labute approximate surface area is 169 Å². The first-order valence-corrected chi connectivity index (χ1v) is 9.60. The Kier molecular flexibility index (Phi) is 4.49. The predicted molar refractivity (Wildman–Crippen MR) is 111 cm³/mol. The number of carbonyl (C=O) groups is 2. The summed E-state index contributed by atoms with van der Waals surface area (Å²) in [6, 6.07) is 17.2. The zero-order valence-electron chi connectivity index (χ0n) is 16.7. The van der Waals surface area contributed by atoms with Crippen molar-refractivity contribution in [2.24, 2.45) is 0 Å². The number of carboxylic acids is 1. The summed E-state index contributed by atoms with van der Waals surface area (Å²) in [6.07, 6.45) is 0.442. The number of hydrogen-bond acceptors (Lipinski definition) is 3. The molecule has 1 aliphatic heterocycles. The summed E-state index contributed by atoms with van der Waals surface area (Å²) in [5.41, 5.74) is 3.37. The van der Waals surface area contributed by atoms with Crippen molar-refractivity contribution in [3.63, 3.8) is 0 Å². The number of benzene rings is 2. The second-order valence-corrected chi connectivity index (χ2v) is 8.23. The van der Waals surface area contributed by atoms with Crippen molar-refractivity contribution in [2.75, 3.05) is 11.4 Å². The Bertz CT molecular complexity index is 1080. The highest BCUT2D eigenvalue weighted by molar-refractivity contribution is 6.09. The Balaban J connectivity index is 1.83. The zero-order valence-corrected chi connectivity index (χ0v) is 16.7. The van der Waals surface area contributed by atoms with Gasteiger partial charge in [0, 0.05) is 17.8 Å². The van der Waals surface area contributed by atoms with E-state index in [4.69, 9.17) is 0 Å². The molecule has 6 heteroatoms. The highest BCUT2D eigenvalue weighted by atomic mass is 16.4. The molecule has 1 aromatic heterocycles. The molecule has 0 bridgehead atoms. The first kappa shape index (κ1) is 18.9. The molecule has 0 fully saturated rings. The quantitative estimate of drug-likeness (QED) is 0.733. The second kappa shape index (κ2) is 6.88. The minimum Gasteiger partial charge on any atom is -0.476 e. The van der Waals surface area contributed by atoms with Gasteiger partial charge in [-0.3, -0.25) is 4.79 Å². The molecule has 148 valence electrons. The van der Waals surface area contributed by atoms with Crippen LogP contribution in [0.25, 0.3) is 5.69 Å². The van der Waals surface area contributed by atoms with Gasteiger partial charge in [0.1, 0.15) is 5.69 Å². The topological polar surface area (TPSA) is 75.4 Å². The molecular formula is C23H23N3O3. The van der Waals surface area contributed by atoms with Gasteiger partial charge >= 0.3 is 5.97 Å². The van der Waals surface area contributed by atoms with Gasteiger partial charge in [-0.2, -0.15) is 5.10 Å². The number of para-hydroxylation sites is 1. The molecule has 0 unspecified atom stereocenters. The molecule has 1 amide bonds. The molecule has 3 aromatic rings. The minimum absolute atomic E-state index is 0.00573. The molecule has 0 aliphatic carbocycles. The molecule has 1 N–H and O–H groups in total. The minimum atomic E-state index is -1.12. The molecule has 0 spiro atoms. The van der Waals surface area contributed by atoms with Crippen LogP contribution in [0.2, 0.25) is 0 Å². The summed E-state index contributed by atoms with van der Waals surface area (Å²) >= 11 is 0. The molecule has 6 nitrogen and oxygen atoms in total. The SMILES string of the molecule is CC(C)(C)c1ccc(-n2nc(C(=O)O)c3c2C(=O)N(c2ccccc2)CC3)cc1. The van der Waals surface area contributed by atoms with E-state index in [1.807, 2.05) is 54.6 Å². The van der Waals surface area contributed by atoms with Crippen LogP contribution in [0.4, 0.5) is 5.69 Å². The summed E-state index contributed by atoms with van der Waals surface area (Å²) < 4.78 is 1.47. The van der Waals surface area contributed by atoms with E-state index in [1.54, 1.807) is 4.90 Å². The van der Waals surface area contributed by atoms with Gasteiger partial charge in [0.25, 0.3) is 5.91 Å². The van der Waals surface area contributed by atoms with E-state index in [9.17, 15) is 14.7 Å². The van der Waals surface area contributed by atoms with Crippen LogP contribution in [0.5, 0.6) is 0 Å². The van der Waals surface area contributed by atoms with E-state index < -0.39 is 5.97 Å².